The quantitative estimate of drug-likeness (QED) is 0.554. The molecule has 0 aliphatic carbocycles. The van der Waals surface area contributed by atoms with E-state index in [9.17, 15) is 9.59 Å². The third-order valence-corrected chi connectivity index (χ3v) is 5.23. The second kappa shape index (κ2) is 8.76. The Kier molecular flexibility index (Phi) is 6.35. The molecular formula is C22H22ClN3O2S. The fourth-order valence-corrected chi connectivity index (χ4v) is 3.51. The monoisotopic (exact) mass is 427 g/mol. The number of rotatable bonds is 5. The van der Waals surface area contributed by atoms with E-state index in [-0.39, 0.29) is 18.2 Å². The molecule has 0 saturated heterocycles. The molecule has 0 spiro atoms. The molecule has 2 N–H and O–H groups in total. The van der Waals surface area contributed by atoms with Gasteiger partial charge in [-0.05, 0) is 30.3 Å². The van der Waals surface area contributed by atoms with Gasteiger partial charge >= 0.3 is 0 Å². The van der Waals surface area contributed by atoms with Crippen molar-refractivity contribution in [3.8, 4) is 10.6 Å². The highest BCUT2D eigenvalue weighted by Crippen LogP contribution is 2.26. The summed E-state index contributed by atoms with van der Waals surface area (Å²) in [5.41, 5.74) is 2.38. The number of nitrogens with zero attached hydrogens (tertiary/aromatic N) is 1. The summed E-state index contributed by atoms with van der Waals surface area (Å²) >= 11 is 7.51. The molecule has 2 amide bonds. The molecule has 0 aliphatic rings. The molecule has 3 aromatic rings. The molecular weight excluding hydrogens is 406 g/mol. The van der Waals surface area contributed by atoms with E-state index in [1.54, 1.807) is 24.3 Å². The zero-order chi connectivity index (χ0) is 21.0. The van der Waals surface area contributed by atoms with E-state index in [0.717, 1.165) is 10.6 Å². The number of hydrogen-bond donors (Lipinski definition) is 2. The number of thiazole rings is 1. The van der Waals surface area contributed by atoms with E-state index in [0.29, 0.717) is 22.1 Å². The van der Waals surface area contributed by atoms with Crippen LogP contribution >= 0.6 is 22.9 Å². The molecule has 29 heavy (non-hydrogen) atoms. The van der Waals surface area contributed by atoms with Gasteiger partial charge in [-0.2, -0.15) is 0 Å². The third kappa shape index (κ3) is 5.89. The molecule has 0 bridgehead atoms. The Morgan fingerprint density at radius 3 is 2.41 bits per heavy atom. The Hall–Kier alpha value is -2.70. The van der Waals surface area contributed by atoms with Gasteiger partial charge in [0, 0.05) is 32.8 Å². The van der Waals surface area contributed by atoms with Gasteiger partial charge in [0.2, 0.25) is 11.8 Å². The van der Waals surface area contributed by atoms with Crippen LogP contribution in [0.1, 0.15) is 26.5 Å². The molecule has 150 valence electrons. The van der Waals surface area contributed by atoms with Crippen molar-refractivity contribution in [3.05, 3.63) is 64.6 Å². The van der Waals surface area contributed by atoms with Gasteiger partial charge in [-0.3, -0.25) is 9.59 Å². The lowest BCUT2D eigenvalue weighted by atomic mass is 9.95. The summed E-state index contributed by atoms with van der Waals surface area (Å²) in [7, 11) is 0. The molecule has 0 aliphatic heterocycles. The highest BCUT2D eigenvalue weighted by molar-refractivity contribution is 7.13. The number of carbonyl (C=O) groups excluding carboxylic acids is 2. The molecule has 1 heterocycles. The van der Waals surface area contributed by atoms with Crippen LogP contribution in [0.5, 0.6) is 0 Å². The number of hydrogen-bond acceptors (Lipinski definition) is 4. The Morgan fingerprint density at radius 1 is 1.03 bits per heavy atom. The highest BCUT2D eigenvalue weighted by Gasteiger charge is 2.21. The van der Waals surface area contributed by atoms with Gasteiger partial charge in [0.15, 0.2) is 0 Å². The molecule has 3 rings (SSSR count). The van der Waals surface area contributed by atoms with Gasteiger partial charge in [0.25, 0.3) is 0 Å². The van der Waals surface area contributed by atoms with Crippen LogP contribution in [-0.2, 0) is 16.0 Å². The first-order valence-corrected chi connectivity index (χ1v) is 10.4. The zero-order valence-electron chi connectivity index (χ0n) is 16.5. The molecule has 7 heteroatoms. The van der Waals surface area contributed by atoms with Crippen LogP contribution in [0.3, 0.4) is 0 Å². The van der Waals surface area contributed by atoms with Crippen LogP contribution in [0.2, 0.25) is 5.02 Å². The fourth-order valence-electron chi connectivity index (χ4n) is 2.51. The van der Waals surface area contributed by atoms with Gasteiger partial charge in [-0.15, -0.1) is 11.3 Å². The van der Waals surface area contributed by atoms with Crippen LogP contribution < -0.4 is 10.6 Å². The minimum absolute atomic E-state index is 0.0861. The predicted octanol–water partition coefficient (Wildman–Crippen LogP) is 5.63. The first kappa shape index (κ1) is 21.0. The molecule has 5 nitrogen and oxygen atoms in total. The van der Waals surface area contributed by atoms with E-state index in [4.69, 9.17) is 11.6 Å². The average molecular weight is 428 g/mol. The minimum Gasteiger partial charge on any atom is -0.326 e. The van der Waals surface area contributed by atoms with E-state index in [1.165, 1.54) is 11.3 Å². The van der Waals surface area contributed by atoms with Gasteiger partial charge in [-0.25, -0.2) is 4.98 Å². The Bertz CT molecular complexity index is 1040. The minimum atomic E-state index is -0.495. The van der Waals surface area contributed by atoms with Crippen LogP contribution in [-0.4, -0.2) is 16.8 Å². The van der Waals surface area contributed by atoms with Crippen molar-refractivity contribution in [2.45, 2.75) is 27.2 Å². The maximum Gasteiger partial charge on any atom is 0.230 e. The van der Waals surface area contributed by atoms with Crippen molar-refractivity contribution >= 4 is 46.1 Å². The second-order valence-corrected chi connectivity index (χ2v) is 8.96. The number of halogens is 1. The lowest BCUT2D eigenvalue weighted by Crippen LogP contribution is -2.27. The number of nitrogens with one attached hydrogen (secondary N) is 2. The second-order valence-electron chi connectivity index (χ2n) is 7.66. The summed E-state index contributed by atoms with van der Waals surface area (Å²) in [5.74, 6) is -0.260. The zero-order valence-corrected chi connectivity index (χ0v) is 18.0. The lowest BCUT2D eigenvalue weighted by molar-refractivity contribution is -0.123. The van der Waals surface area contributed by atoms with Crippen molar-refractivity contribution in [3.63, 3.8) is 0 Å². The Morgan fingerprint density at radius 2 is 1.72 bits per heavy atom. The van der Waals surface area contributed by atoms with Crippen molar-refractivity contribution in [1.82, 2.24) is 4.98 Å². The number of benzene rings is 2. The number of aromatic nitrogens is 1. The van der Waals surface area contributed by atoms with Crippen LogP contribution in [0.4, 0.5) is 11.4 Å². The van der Waals surface area contributed by atoms with Crippen LogP contribution in [0, 0.1) is 5.41 Å². The maximum absolute atomic E-state index is 12.4. The van der Waals surface area contributed by atoms with Crippen LogP contribution in [0.25, 0.3) is 10.6 Å². The lowest BCUT2D eigenvalue weighted by Gasteiger charge is -2.18. The number of amides is 2. The highest BCUT2D eigenvalue weighted by atomic mass is 35.5. The first-order valence-electron chi connectivity index (χ1n) is 9.12. The summed E-state index contributed by atoms with van der Waals surface area (Å²) < 4.78 is 0. The van der Waals surface area contributed by atoms with Gasteiger partial charge < -0.3 is 10.6 Å². The van der Waals surface area contributed by atoms with Gasteiger partial charge in [-0.1, -0.05) is 50.6 Å². The summed E-state index contributed by atoms with van der Waals surface area (Å²) in [6.45, 7) is 5.54. The summed E-state index contributed by atoms with van der Waals surface area (Å²) in [6, 6.07) is 14.6. The largest absolute Gasteiger partial charge is 0.326 e. The van der Waals surface area contributed by atoms with Crippen LogP contribution in [0.15, 0.2) is 53.9 Å². The third-order valence-electron chi connectivity index (χ3n) is 4.05. The van der Waals surface area contributed by atoms with Gasteiger partial charge in [0.1, 0.15) is 5.01 Å². The SMILES string of the molecule is CC(C)(C)C(=O)Nc1cccc(NC(=O)Cc2csc(-c3cccc(Cl)c3)n2)c1. The maximum atomic E-state index is 12.4. The Labute approximate surface area is 179 Å². The number of anilines is 2. The van der Waals surface area contributed by atoms with Crippen molar-refractivity contribution in [2.24, 2.45) is 5.41 Å². The van der Waals surface area contributed by atoms with E-state index in [2.05, 4.69) is 15.6 Å². The normalized spacial score (nSPS) is 11.2. The van der Waals surface area contributed by atoms with Gasteiger partial charge in [0.05, 0.1) is 12.1 Å². The van der Waals surface area contributed by atoms with Crippen molar-refractivity contribution in [2.75, 3.05) is 10.6 Å². The summed E-state index contributed by atoms with van der Waals surface area (Å²) in [6.07, 6.45) is 0.162. The standard InChI is InChI=1S/C22H22ClN3O2S/c1-22(2,3)21(28)26-17-9-5-8-16(11-17)24-19(27)12-18-13-29-20(25-18)14-6-4-7-15(23)10-14/h4-11,13H,12H2,1-3H3,(H,24,27)(H,26,28). The molecule has 0 atom stereocenters. The van der Waals surface area contributed by atoms with E-state index < -0.39 is 5.41 Å². The average Bonchev–Trinajstić information content (AvgIpc) is 3.09. The molecule has 0 saturated carbocycles. The molecule has 0 fully saturated rings. The summed E-state index contributed by atoms with van der Waals surface area (Å²) in [5, 5.41) is 9.05. The predicted molar refractivity (Wildman–Crippen MR) is 119 cm³/mol. The van der Waals surface area contributed by atoms with Crippen molar-refractivity contribution in [1.29, 1.82) is 0 Å². The van der Waals surface area contributed by atoms with E-state index >= 15 is 0 Å². The van der Waals surface area contributed by atoms with E-state index in [1.807, 2.05) is 50.4 Å². The van der Waals surface area contributed by atoms with Crippen molar-refractivity contribution < 1.29 is 9.59 Å². The summed E-state index contributed by atoms with van der Waals surface area (Å²) in [4.78, 5) is 29.1. The molecule has 1 aromatic heterocycles. The smallest absolute Gasteiger partial charge is 0.230 e. The molecule has 2 aromatic carbocycles. The molecule has 0 unspecified atom stereocenters. The number of carbonyl (C=O) groups is 2. The molecule has 0 radical (unpaired) electrons. The fraction of sp³-hybridized carbons (Fsp3) is 0.227. The first-order chi connectivity index (χ1) is 13.7. The topological polar surface area (TPSA) is 71.1 Å². The Balaban J connectivity index is 1.63.